The van der Waals surface area contributed by atoms with Gasteiger partial charge in [-0.05, 0) is 69.4 Å². The summed E-state index contributed by atoms with van der Waals surface area (Å²) < 4.78 is 1.24. The number of fused-ring (bicyclic) bond motifs is 1. The molecular weight excluding hydrogens is 366 g/mol. The molecule has 1 amide bonds. The number of nitrogens with one attached hydrogen (secondary N) is 1. The molecule has 5 heteroatoms. The van der Waals surface area contributed by atoms with Crippen molar-refractivity contribution in [1.29, 1.82) is 0 Å². The van der Waals surface area contributed by atoms with Crippen molar-refractivity contribution in [2.75, 3.05) is 23.3 Å². The quantitative estimate of drug-likeness (QED) is 0.649. The molecule has 3 aromatic rings. The first-order chi connectivity index (χ1) is 13.4. The fourth-order valence-electron chi connectivity index (χ4n) is 4.09. The first kappa shape index (κ1) is 18.9. The molecule has 1 aliphatic rings. The molecule has 0 bridgehead atoms. The van der Waals surface area contributed by atoms with Crippen LogP contribution in [-0.2, 0) is 4.79 Å². The predicted octanol–water partition coefficient (Wildman–Crippen LogP) is 5.39. The number of anilines is 2. The molecule has 2 aromatic carbocycles. The minimum atomic E-state index is 0.0629. The Labute approximate surface area is 170 Å². The van der Waals surface area contributed by atoms with E-state index < -0.39 is 0 Å². The zero-order valence-corrected chi connectivity index (χ0v) is 17.8. The molecule has 0 aliphatic carbocycles. The van der Waals surface area contributed by atoms with E-state index in [-0.39, 0.29) is 11.8 Å². The van der Waals surface area contributed by atoms with Crippen LogP contribution in [0.15, 0.2) is 30.3 Å². The van der Waals surface area contributed by atoms with Crippen molar-refractivity contribution in [3.8, 4) is 0 Å². The molecule has 0 spiro atoms. The highest BCUT2D eigenvalue weighted by molar-refractivity contribution is 7.22. The second kappa shape index (κ2) is 7.55. The lowest BCUT2D eigenvalue weighted by atomic mass is 9.95. The minimum Gasteiger partial charge on any atom is -0.348 e. The van der Waals surface area contributed by atoms with E-state index in [9.17, 15) is 4.79 Å². The summed E-state index contributed by atoms with van der Waals surface area (Å²) in [5.74, 6) is 0.211. The van der Waals surface area contributed by atoms with E-state index in [2.05, 4.69) is 68.2 Å². The molecule has 146 valence electrons. The standard InChI is InChI=1S/C23H27N3OS/c1-14-5-6-19-20(13-14)28-23(24-19)26-9-7-18(8-10-26)22(27)25-21-16(3)11-15(2)12-17(21)4/h5-6,11-13,18H,7-10H2,1-4H3,(H,25,27). The van der Waals surface area contributed by atoms with E-state index in [0.717, 1.165) is 53.4 Å². The third-order valence-corrected chi connectivity index (χ3v) is 6.67. The molecule has 1 aliphatic heterocycles. The van der Waals surface area contributed by atoms with Crippen molar-refractivity contribution < 1.29 is 4.79 Å². The van der Waals surface area contributed by atoms with Crippen LogP contribution in [0, 0.1) is 33.6 Å². The summed E-state index contributed by atoms with van der Waals surface area (Å²) >= 11 is 1.75. The Morgan fingerprint density at radius 1 is 1.04 bits per heavy atom. The van der Waals surface area contributed by atoms with Crippen LogP contribution in [0.4, 0.5) is 10.8 Å². The van der Waals surface area contributed by atoms with Crippen molar-refractivity contribution in [1.82, 2.24) is 4.98 Å². The van der Waals surface area contributed by atoms with Gasteiger partial charge < -0.3 is 10.2 Å². The predicted molar refractivity (Wildman–Crippen MR) is 119 cm³/mol. The molecule has 0 radical (unpaired) electrons. The smallest absolute Gasteiger partial charge is 0.227 e. The Bertz CT molecular complexity index is 1010. The molecule has 0 saturated carbocycles. The summed E-state index contributed by atoms with van der Waals surface area (Å²) in [7, 11) is 0. The number of nitrogens with zero attached hydrogens (tertiary/aromatic N) is 2. The van der Waals surface area contributed by atoms with E-state index in [1.54, 1.807) is 11.3 Å². The van der Waals surface area contributed by atoms with Gasteiger partial charge in [-0.1, -0.05) is 35.1 Å². The number of carbonyl (C=O) groups excluding carboxylic acids is 1. The van der Waals surface area contributed by atoms with Gasteiger partial charge in [0.1, 0.15) is 0 Å². The number of hydrogen-bond acceptors (Lipinski definition) is 4. The number of carbonyl (C=O) groups is 1. The molecule has 0 unspecified atom stereocenters. The maximum Gasteiger partial charge on any atom is 0.227 e. The fraction of sp³-hybridized carbons (Fsp3) is 0.391. The molecule has 1 N–H and O–H groups in total. The third kappa shape index (κ3) is 3.76. The fourth-order valence-corrected chi connectivity index (χ4v) is 5.21. The lowest BCUT2D eigenvalue weighted by Gasteiger charge is -2.31. The van der Waals surface area contributed by atoms with Crippen molar-refractivity contribution in [3.63, 3.8) is 0 Å². The summed E-state index contributed by atoms with van der Waals surface area (Å²) in [5.41, 5.74) is 6.79. The van der Waals surface area contributed by atoms with Gasteiger partial charge in [0.25, 0.3) is 0 Å². The maximum absolute atomic E-state index is 12.8. The summed E-state index contributed by atoms with van der Waals surface area (Å²) in [6.45, 7) is 10.1. The number of aromatic nitrogens is 1. The van der Waals surface area contributed by atoms with Gasteiger partial charge in [0, 0.05) is 24.7 Å². The van der Waals surface area contributed by atoms with Gasteiger partial charge in [-0.2, -0.15) is 0 Å². The number of aryl methyl sites for hydroxylation is 4. The molecule has 2 heterocycles. The Kier molecular flexibility index (Phi) is 5.11. The highest BCUT2D eigenvalue weighted by Gasteiger charge is 2.27. The molecular formula is C23H27N3OS. The number of hydrogen-bond donors (Lipinski definition) is 1. The number of rotatable bonds is 3. The lowest BCUT2D eigenvalue weighted by molar-refractivity contribution is -0.120. The van der Waals surface area contributed by atoms with Crippen LogP contribution >= 0.6 is 11.3 Å². The lowest BCUT2D eigenvalue weighted by Crippen LogP contribution is -2.38. The molecule has 4 nitrogen and oxygen atoms in total. The third-order valence-electron chi connectivity index (χ3n) is 5.59. The largest absolute Gasteiger partial charge is 0.348 e. The SMILES string of the molecule is Cc1cc(C)c(NC(=O)C2CCN(c3nc4ccc(C)cc4s3)CC2)c(C)c1. The molecule has 1 saturated heterocycles. The van der Waals surface area contributed by atoms with Crippen molar-refractivity contribution in [2.24, 2.45) is 5.92 Å². The summed E-state index contributed by atoms with van der Waals surface area (Å²) in [6.07, 6.45) is 1.73. The van der Waals surface area contributed by atoms with Gasteiger partial charge in [0.2, 0.25) is 5.91 Å². The number of thiazole rings is 1. The van der Waals surface area contributed by atoms with Crippen LogP contribution in [0.3, 0.4) is 0 Å². The van der Waals surface area contributed by atoms with Gasteiger partial charge >= 0.3 is 0 Å². The molecule has 1 fully saturated rings. The van der Waals surface area contributed by atoms with E-state index >= 15 is 0 Å². The summed E-state index contributed by atoms with van der Waals surface area (Å²) in [4.78, 5) is 20.0. The summed E-state index contributed by atoms with van der Waals surface area (Å²) in [5, 5.41) is 4.26. The van der Waals surface area contributed by atoms with Crippen LogP contribution in [0.1, 0.15) is 35.1 Å². The van der Waals surface area contributed by atoms with E-state index in [0.29, 0.717) is 0 Å². The first-order valence-corrected chi connectivity index (χ1v) is 10.7. The highest BCUT2D eigenvalue weighted by atomic mass is 32.1. The van der Waals surface area contributed by atoms with Gasteiger partial charge in [0.05, 0.1) is 10.2 Å². The van der Waals surface area contributed by atoms with Crippen LogP contribution in [0.5, 0.6) is 0 Å². The highest BCUT2D eigenvalue weighted by Crippen LogP contribution is 2.32. The second-order valence-electron chi connectivity index (χ2n) is 7.99. The Morgan fingerprint density at radius 2 is 1.71 bits per heavy atom. The summed E-state index contributed by atoms with van der Waals surface area (Å²) in [6, 6.07) is 10.7. The van der Waals surface area contributed by atoms with Crippen LogP contribution in [0.25, 0.3) is 10.2 Å². The Morgan fingerprint density at radius 3 is 2.39 bits per heavy atom. The minimum absolute atomic E-state index is 0.0629. The van der Waals surface area contributed by atoms with Crippen LogP contribution in [0.2, 0.25) is 0 Å². The van der Waals surface area contributed by atoms with Crippen molar-refractivity contribution in [3.05, 3.63) is 52.6 Å². The topological polar surface area (TPSA) is 45.2 Å². The van der Waals surface area contributed by atoms with Crippen molar-refractivity contribution in [2.45, 2.75) is 40.5 Å². The molecule has 1 aromatic heterocycles. The van der Waals surface area contributed by atoms with Gasteiger partial charge in [0.15, 0.2) is 5.13 Å². The number of piperidine rings is 1. The first-order valence-electron chi connectivity index (χ1n) is 9.91. The zero-order valence-electron chi connectivity index (χ0n) is 17.0. The zero-order chi connectivity index (χ0) is 19.8. The second-order valence-corrected chi connectivity index (χ2v) is 9.00. The van der Waals surface area contributed by atoms with Crippen LogP contribution in [-0.4, -0.2) is 24.0 Å². The molecule has 0 atom stereocenters. The van der Waals surface area contributed by atoms with E-state index in [1.807, 2.05) is 0 Å². The average molecular weight is 394 g/mol. The van der Waals surface area contributed by atoms with Gasteiger partial charge in [-0.25, -0.2) is 4.98 Å². The number of amides is 1. The normalized spacial score (nSPS) is 15.2. The average Bonchev–Trinajstić information content (AvgIpc) is 3.07. The molecule has 4 rings (SSSR count). The maximum atomic E-state index is 12.8. The Balaban J connectivity index is 1.41. The number of benzene rings is 2. The van der Waals surface area contributed by atoms with Gasteiger partial charge in [-0.15, -0.1) is 0 Å². The van der Waals surface area contributed by atoms with E-state index in [1.165, 1.54) is 15.8 Å². The van der Waals surface area contributed by atoms with Gasteiger partial charge in [-0.3, -0.25) is 4.79 Å². The Hall–Kier alpha value is -2.40. The van der Waals surface area contributed by atoms with Crippen molar-refractivity contribution >= 4 is 38.3 Å². The monoisotopic (exact) mass is 393 g/mol. The van der Waals surface area contributed by atoms with Crippen LogP contribution < -0.4 is 10.2 Å². The molecule has 28 heavy (non-hydrogen) atoms. The van der Waals surface area contributed by atoms with E-state index in [4.69, 9.17) is 4.98 Å².